The number of carbonyl (C=O) groups is 1. The Labute approximate surface area is 89.3 Å². The molecule has 1 aromatic carbocycles. The highest BCUT2D eigenvalue weighted by molar-refractivity contribution is 5.83. The van der Waals surface area contributed by atoms with Crippen LogP contribution >= 0.6 is 0 Å². The second-order valence-corrected chi connectivity index (χ2v) is 2.94. The summed E-state index contributed by atoms with van der Waals surface area (Å²) < 4.78 is 9.98. The quantitative estimate of drug-likeness (QED) is 0.328. The van der Waals surface area contributed by atoms with Crippen molar-refractivity contribution in [1.82, 2.24) is 0 Å². The monoisotopic (exact) mass is 206 g/mol. The molecule has 80 valence electrons. The molecule has 0 N–H and O–H groups in total. The van der Waals surface area contributed by atoms with Gasteiger partial charge in [-0.25, -0.2) is 4.79 Å². The van der Waals surface area contributed by atoms with Crippen molar-refractivity contribution in [2.45, 2.75) is 13.8 Å². The summed E-state index contributed by atoms with van der Waals surface area (Å²) in [6, 6.07) is 7.35. The summed E-state index contributed by atoms with van der Waals surface area (Å²) in [5.74, 6) is 0.140. The fraction of sp³-hybridized carbons (Fsp3) is 0.250. The van der Waals surface area contributed by atoms with Gasteiger partial charge in [-0.3, -0.25) is 0 Å². The molecule has 0 unspecified atom stereocenters. The Morgan fingerprint density at radius 1 is 1.40 bits per heavy atom. The van der Waals surface area contributed by atoms with E-state index in [4.69, 9.17) is 9.47 Å². The number of para-hydroxylation sites is 1. The minimum atomic E-state index is -0.433. The number of hydrogen-bond acceptors (Lipinski definition) is 3. The fourth-order valence-electron chi connectivity index (χ4n) is 1.01. The van der Waals surface area contributed by atoms with Crippen LogP contribution in [0.1, 0.15) is 12.5 Å². The van der Waals surface area contributed by atoms with Crippen LogP contribution in [0, 0.1) is 6.92 Å². The van der Waals surface area contributed by atoms with Crippen LogP contribution in [0.15, 0.2) is 36.6 Å². The highest BCUT2D eigenvalue weighted by Crippen LogP contribution is 2.16. The molecule has 0 heterocycles. The molecule has 0 amide bonds. The number of rotatable bonds is 4. The summed E-state index contributed by atoms with van der Waals surface area (Å²) in [6.07, 6.45) is 2.59. The van der Waals surface area contributed by atoms with Crippen molar-refractivity contribution in [1.29, 1.82) is 0 Å². The SMILES string of the molecule is CCO/C=C\C(=O)Oc1ccccc1C. The van der Waals surface area contributed by atoms with Crippen molar-refractivity contribution in [3.8, 4) is 5.75 Å². The first-order chi connectivity index (χ1) is 7.24. The van der Waals surface area contributed by atoms with E-state index in [1.807, 2.05) is 32.0 Å². The van der Waals surface area contributed by atoms with E-state index in [9.17, 15) is 4.79 Å². The van der Waals surface area contributed by atoms with Crippen LogP contribution in [-0.2, 0) is 9.53 Å². The summed E-state index contributed by atoms with van der Waals surface area (Å²) in [5.41, 5.74) is 0.927. The predicted octanol–water partition coefficient (Wildman–Crippen LogP) is 2.45. The highest BCUT2D eigenvalue weighted by atomic mass is 16.5. The van der Waals surface area contributed by atoms with Gasteiger partial charge in [0.1, 0.15) is 5.75 Å². The van der Waals surface area contributed by atoms with Gasteiger partial charge in [-0.1, -0.05) is 18.2 Å². The molecule has 0 saturated heterocycles. The summed E-state index contributed by atoms with van der Waals surface area (Å²) >= 11 is 0. The highest BCUT2D eigenvalue weighted by Gasteiger charge is 2.02. The van der Waals surface area contributed by atoms with E-state index < -0.39 is 5.97 Å². The maximum absolute atomic E-state index is 11.3. The number of benzene rings is 1. The molecule has 0 radical (unpaired) electrons. The number of aryl methyl sites for hydroxylation is 1. The van der Waals surface area contributed by atoms with Crippen molar-refractivity contribution in [2.75, 3.05) is 6.61 Å². The molecule has 0 aliphatic heterocycles. The third kappa shape index (κ3) is 3.85. The fourth-order valence-corrected chi connectivity index (χ4v) is 1.01. The standard InChI is InChI=1S/C12H14O3/c1-3-14-9-8-12(13)15-11-7-5-4-6-10(11)2/h4-9H,3H2,1-2H3/b9-8-. The smallest absolute Gasteiger partial charge is 0.339 e. The maximum atomic E-state index is 11.3. The third-order valence-corrected chi connectivity index (χ3v) is 1.77. The summed E-state index contributed by atoms with van der Waals surface area (Å²) in [7, 11) is 0. The van der Waals surface area contributed by atoms with Gasteiger partial charge in [-0.2, -0.15) is 0 Å². The van der Waals surface area contributed by atoms with E-state index in [-0.39, 0.29) is 0 Å². The second-order valence-electron chi connectivity index (χ2n) is 2.94. The summed E-state index contributed by atoms with van der Waals surface area (Å²) in [4.78, 5) is 11.3. The lowest BCUT2D eigenvalue weighted by atomic mass is 10.2. The van der Waals surface area contributed by atoms with Crippen molar-refractivity contribution in [3.63, 3.8) is 0 Å². The summed E-state index contributed by atoms with van der Waals surface area (Å²) in [6.45, 7) is 4.26. The molecule has 0 aliphatic carbocycles. The predicted molar refractivity (Wildman–Crippen MR) is 57.6 cm³/mol. The molecule has 0 saturated carbocycles. The Hall–Kier alpha value is -1.77. The lowest BCUT2D eigenvalue weighted by Crippen LogP contribution is -2.04. The number of ether oxygens (including phenoxy) is 2. The van der Waals surface area contributed by atoms with Gasteiger partial charge >= 0.3 is 5.97 Å². The van der Waals surface area contributed by atoms with Gasteiger partial charge in [0.15, 0.2) is 0 Å². The van der Waals surface area contributed by atoms with Crippen LogP contribution in [0.2, 0.25) is 0 Å². The van der Waals surface area contributed by atoms with E-state index in [1.165, 1.54) is 12.3 Å². The Balaban J connectivity index is 2.55. The van der Waals surface area contributed by atoms with Crippen molar-refractivity contribution in [3.05, 3.63) is 42.2 Å². The maximum Gasteiger partial charge on any atom is 0.339 e. The average molecular weight is 206 g/mol. The van der Waals surface area contributed by atoms with Gasteiger partial charge in [-0.15, -0.1) is 0 Å². The number of esters is 1. The molecular formula is C12H14O3. The van der Waals surface area contributed by atoms with Gasteiger partial charge in [0.2, 0.25) is 0 Å². The first-order valence-electron chi connectivity index (χ1n) is 4.79. The zero-order valence-corrected chi connectivity index (χ0v) is 8.90. The molecule has 3 heteroatoms. The van der Waals surface area contributed by atoms with Crippen LogP contribution in [0.25, 0.3) is 0 Å². The van der Waals surface area contributed by atoms with E-state index in [0.29, 0.717) is 12.4 Å². The van der Waals surface area contributed by atoms with Crippen molar-refractivity contribution >= 4 is 5.97 Å². The minimum absolute atomic E-state index is 0.433. The van der Waals surface area contributed by atoms with E-state index in [1.54, 1.807) is 6.07 Å². The first kappa shape index (κ1) is 11.3. The number of carbonyl (C=O) groups excluding carboxylic acids is 1. The lowest BCUT2D eigenvalue weighted by Gasteiger charge is -2.03. The molecular weight excluding hydrogens is 192 g/mol. The van der Waals surface area contributed by atoms with Crippen LogP contribution < -0.4 is 4.74 Å². The van der Waals surface area contributed by atoms with Crippen molar-refractivity contribution < 1.29 is 14.3 Å². The van der Waals surface area contributed by atoms with Crippen LogP contribution in [0.4, 0.5) is 0 Å². The molecule has 0 fully saturated rings. The van der Waals surface area contributed by atoms with Crippen LogP contribution in [0.3, 0.4) is 0 Å². The second kappa shape index (κ2) is 5.86. The molecule has 0 aromatic heterocycles. The third-order valence-electron chi connectivity index (χ3n) is 1.77. The lowest BCUT2D eigenvalue weighted by molar-refractivity contribution is -0.129. The number of hydrogen-bond donors (Lipinski definition) is 0. The van der Waals surface area contributed by atoms with Gasteiger partial charge in [-0.05, 0) is 25.5 Å². The Kier molecular flexibility index (Phi) is 4.41. The van der Waals surface area contributed by atoms with Gasteiger partial charge < -0.3 is 9.47 Å². The Morgan fingerprint density at radius 2 is 2.13 bits per heavy atom. The van der Waals surface area contributed by atoms with Gasteiger partial charge in [0, 0.05) is 0 Å². The molecule has 1 rings (SSSR count). The average Bonchev–Trinajstić information content (AvgIpc) is 2.22. The zero-order chi connectivity index (χ0) is 11.1. The molecule has 0 bridgehead atoms. The Bertz CT molecular complexity index is 356. The van der Waals surface area contributed by atoms with Gasteiger partial charge in [0.05, 0.1) is 18.9 Å². The largest absolute Gasteiger partial charge is 0.501 e. The molecule has 0 aliphatic rings. The van der Waals surface area contributed by atoms with Crippen LogP contribution in [0.5, 0.6) is 5.75 Å². The van der Waals surface area contributed by atoms with Gasteiger partial charge in [0.25, 0.3) is 0 Å². The van der Waals surface area contributed by atoms with E-state index >= 15 is 0 Å². The molecule has 0 spiro atoms. The summed E-state index contributed by atoms with van der Waals surface area (Å²) in [5, 5.41) is 0. The van der Waals surface area contributed by atoms with Crippen LogP contribution in [-0.4, -0.2) is 12.6 Å². The van der Waals surface area contributed by atoms with Crippen molar-refractivity contribution in [2.24, 2.45) is 0 Å². The molecule has 3 nitrogen and oxygen atoms in total. The minimum Gasteiger partial charge on any atom is -0.501 e. The van der Waals surface area contributed by atoms with E-state index in [2.05, 4.69) is 0 Å². The zero-order valence-electron chi connectivity index (χ0n) is 8.90. The van der Waals surface area contributed by atoms with E-state index in [0.717, 1.165) is 5.56 Å². The molecule has 0 atom stereocenters. The normalized spacial score (nSPS) is 10.3. The topological polar surface area (TPSA) is 35.5 Å². The molecule has 1 aromatic rings. The molecule has 15 heavy (non-hydrogen) atoms. The first-order valence-corrected chi connectivity index (χ1v) is 4.79. The Morgan fingerprint density at radius 3 is 2.80 bits per heavy atom.